The van der Waals surface area contributed by atoms with E-state index in [0.29, 0.717) is 23.3 Å². The third kappa shape index (κ3) is 2.95. The quantitative estimate of drug-likeness (QED) is 0.607. The van der Waals surface area contributed by atoms with Crippen molar-refractivity contribution >= 4 is 23.2 Å². The molecule has 0 aliphatic heterocycles. The molecule has 1 aromatic heterocycles. The standard InChI is InChI=1S/C7H8Cl2N2O/c8-6-3-5(1-2-12-10)4-7(9)11-6/h3-4H,1-2,10H2. The number of hydrogen-bond acceptors (Lipinski definition) is 3. The average molecular weight is 207 g/mol. The summed E-state index contributed by atoms with van der Waals surface area (Å²) in [4.78, 5) is 8.22. The highest BCUT2D eigenvalue weighted by Gasteiger charge is 1.98. The zero-order valence-electron chi connectivity index (χ0n) is 6.26. The Hall–Kier alpha value is -0.350. The molecule has 0 bridgehead atoms. The van der Waals surface area contributed by atoms with Crippen LogP contribution in [0, 0.1) is 0 Å². The first-order chi connectivity index (χ1) is 5.72. The maximum atomic E-state index is 5.66. The van der Waals surface area contributed by atoms with Gasteiger partial charge in [-0.3, -0.25) is 0 Å². The summed E-state index contributed by atoms with van der Waals surface area (Å²) in [6.45, 7) is 0.441. The number of aromatic nitrogens is 1. The molecule has 0 amide bonds. The molecule has 0 saturated carbocycles. The Labute approximate surface area is 80.4 Å². The van der Waals surface area contributed by atoms with Gasteiger partial charge in [-0.1, -0.05) is 23.2 Å². The maximum absolute atomic E-state index is 5.66. The second kappa shape index (κ2) is 4.62. The smallest absolute Gasteiger partial charge is 0.131 e. The zero-order chi connectivity index (χ0) is 8.97. The first-order valence-electron chi connectivity index (χ1n) is 3.36. The van der Waals surface area contributed by atoms with Crippen molar-refractivity contribution in [1.29, 1.82) is 0 Å². The van der Waals surface area contributed by atoms with Crippen LogP contribution in [0.15, 0.2) is 12.1 Å². The summed E-state index contributed by atoms with van der Waals surface area (Å²) in [5, 5.41) is 0.768. The van der Waals surface area contributed by atoms with Gasteiger partial charge in [0.25, 0.3) is 0 Å². The van der Waals surface area contributed by atoms with E-state index in [0.717, 1.165) is 5.56 Å². The van der Waals surface area contributed by atoms with Gasteiger partial charge >= 0.3 is 0 Å². The van der Waals surface area contributed by atoms with Crippen molar-refractivity contribution in [1.82, 2.24) is 4.98 Å². The second-order valence-corrected chi connectivity index (χ2v) is 3.02. The Bertz CT molecular complexity index is 247. The molecular formula is C7H8Cl2N2O. The molecule has 0 aliphatic rings. The highest BCUT2D eigenvalue weighted by molar-refractivity contribution is 6.32. The highest BCUT2D eigenvalue weighted by atomic mass is 35.5. The molecule has 1 rings (SSSR count). The molecule has 0 spiro atoms. The lowest BCUT2D eigenvalue weighted by Gasteiger charge is -2.00. The van der Waals surface area contributed by atoms with Gasteiger partial charge in [-0.05, 0) is 24.1 Å². The molecule has 66 valence electrons. The van der Waals surface area contributed by atoms with E-state index in [9.17, 15) is 0 Å². The van der Waals surface area contributed by atoms with Crippen LogP contribution in [0.4, 0.5) is 0 Å². The molecule has 0 aliphatic carbocycles. The first-order valence-corrected chi connectivity index (χ1v) is 4.11. The van der Waals surface area contributed by atoms with E-state index in [4.69, 9.17) is 29.1 Å². The molecule has 0 saturated heterocycles. The van der Waals surface area contributed by atoms with Crippen molar-refractivity contribution < 1.29 is 4.84 Å². The van der Waals surface area contributed by atoms with Crippen molar-refractivity contribution in [2.75, 3.05) is 6.61 Å². The van der Waals surface area contributed by atoms with Crippen LogP contribution in [-0.2, 0) is 11.3 Å². The largest absolute Gasteiger partial charge is 0.304 e. The average Bonchev–Trinajstić information content (AvgIpc) is 1.99. The number of nitrogens with zero attached hydrogens (tertiary/aromatic N) is 1. The van der Waals surface area contributed by atoms with Gasteiger partial charge in [0.15, 0.2) is 0 Å². The summed E-state index contributed by atoms with van der Waals surface area (Å²) in [7, 11) is 0. The minimum Gasteiger partial charge on any atom is -0.304 e. The van der Waals surface area contributed by atoms with Crippen LogP contribution in [0.5, 0.6) is 0 Å². The van der Waals surface area contributed by atoms with Gasteiger partial charge < -0.3 is 4.84 Å². The lowest BCUT2D eigenvalue weighted by atomic mass is 10.2. The Kier molecular flexibility index (Phi) is 3.75. The molecule has 12 heavy (non-hydrogen) atoms. The van der Waals surface area contributed by atoms with Gasteiger partial charge in [0.1, 0.15) is 10.3 Å². The number of nitrogens with two attached hydrogens (primary N) is 1. The molecule has 3 nitrogen and oxygen atoms in total. The van der Waals surface area contributed by atoms with Crippen LogP contribution in [0.25, 0.3) is 0 Å². The van der Waals surface area contributed by atoms with Crippen LogP contribution in [0.2, 0.25) is 10.3 Å². The number of rotatable bonds is 3. The van der Waals surface area contributed by atoms with Crippen molar-refractivity contribution in [3.63, 3.8) is 0 Å². The van der Waals surface area contributed by atoms with Crippen LogP contribution < -0.4 is 5.90 Å². The summed E-state index contributed by atoms with van der Waals surface area (Å²) < 4.78 is 0. The topological polar surface area (TPSA) is 48.1 Å². The number of pyridine rings is 1. The van der Waals surface area contributed by atoms with Crippen molar-refractivity contribution in [2.24, 2.45) is 5.90 Å². The summed E-state index contributed by atoms with van der Waals surface area (Å²) in [6, 6.07) is 3.46. The maximum Gasteiger partial charge on any atom is 0.131 e. The van der Waals surface area contributed by atoms with Crippen LogP contribution in [-0.4, -0.2) is 11.6 Å². The molecule has 1 aromatic rings. The predicted octanol–water partition coefficient (Wildman–Crippen LogP) is 1.82. The molecule has 0 aromatic carbocycles. The van der Waals surface area contributed by atoms with Gasteiger partial charge in [-0.15, -0.1) is 0 Å². The van der Waals surface area contributed by atoms with E-state index < -0.39 is 0 Å². The van der Waals surface area contributed by atoms with Gasteiger partial charge in [0, 0.05) is 0 Å². The molecule has 5 heteroatoms. The predicted molar refractivity (Wildman–Crippen MR) is 48.1 cm³/mol. The summed E-state index contributed by atoms with van der Waals surface area (Å²) in [5.74, 6) is 4.87. The third-order valence-electron chi connectivity index (χ3n) is 1.33. The SMILES string of the molecule is NOCCc1cc(Cl)nc(Cl)c1. The van der Waals surface area contributed by atoms with E-state index >= 15 is 0 Å². The molecule has 0 unspecified atom stereocenters. The van der Waals surface area contributed by atoms with Crippen molar-refractivity contribution in [3.8, 4) is 0 Å². The number of hydrogen-bond donors (Lipinski definition) is 1. The van der Waals surface area contributed by atoms with Crippen LogP contribution in [0.1, 0.15) is 5.56 Å². The molecule has 2 N–H and O–H groups in total. The van der Waals surface area contributed by atoms with Gasteiger partial charge in [0.2, 0.25) is 0 Å². The molecule has 0 fully saturated rings. The first kappa shape index (κ1) is 9.74. The third-order valence-corrected chi connectivity index (χ3v) is 1.72. The van der Waals surface area contributed by atoms with Gasteiger partial charge in [-0.25, -0.2) is 10.9 Å². The van der Waals surface area contributed by atoms with Crippen molar-refractivity contribution in [3.05, 3.63) is 28.0 Å². The molecule has 0 atom stereocenters. The van der Waals surface area contributed by atoms with Crippen molar-refractivity contribution in [2.45, 2.75) is 6.42 Å². The Morgan fingerprint density at radius 2 is 1.92 bits per heavy atom. The van der Waals surface area contributed by atoms with E-state index in [1.807, 2.05) is 0 Å². The summed E-state index contributed by atoms with van der Waals surface area (Å²) in [6.07, 6.45) is 0.679. The molecule has 0 radical (unpaired) electrons. The Morgan fingerprint density at radius 1 is 1.33 bits per heavy atom. The van der Waals surface area contributed by atoms with Crippen LogP contribution >= 0.6 is 23.2 Å². The second-order valence-electron chi connectivity index (χ2n) is 2.24. The normalized spacial score (nSPS) is 10.2. The Balaban J connectivity index is 2.72. The van der Waals surface area contributed by atoms with E-state index in [-0.39, 0.29) is 0 Å². The molecular weight excluding hydrogens is 199 g/mol. The highest BCUT2D eigenvalue weighted by Crippen LogP contribution is 2.14. The fraction of sp³-hybridized carbons (Fsp3) is 0.286. The lowest BCUT2D eigenvalue weighted by molar-refractivity contribution is 0.141. The minimum atomic E-state index is 0.384. The Morgan fingerprint density at radius 3 is 2.42 bits per heavy atom. The number of halogens is 2. The van der Waals surface area contributed by atoms with Crippen LogP contribution in [0.3, 0.4) is 0 Å². The van der Waals surface area contributed by atoms with E-state index in [1.165, 1.54) is 0 Å². The zero-order valence-corrected chi connectivity index (χ0v) is 7.77. The van der Waals surface area contributed by atoms with E-state index in [2.05, 4.69) is 9.82 Å². The fourth-order valence-electron chi connectivity index (χ4n) is 0.835. The summed E-state index contributed by atoms with van der Waals surface area (Å²) in [5.41, 5.74) is 0.963. The lowest BCUT2D eigenvalue weighted by Crippen LogP contribution is -2.03. The fourth-order valence-corrected chi connectivity index (χ4v) is 1.34. The van der Waals surface area contributed by atoms with Gasteiger partial charge in [-0.2, -0.15) is 0 Å². The van der Waals surface area contributed by atoms with Gasteiger partial charge in [0.05, 0.1) is 6.61 Å². The summed E-state index contributed by atoms with van der Waals surface area (Å²) >= 11 is 11.3. The van der Waals surface area contributed by atoms with E-state index in [1.54, 1.807) is 12.1 Å². The molecule has 1 heterocycles. The minimum absolute atomic E-state index is 0.384. The monoisotopic (exact) mass is 206 g/mol.